The Morgan fingerprint density at radius 1 is 0.929 bits per heavy atom. The van der Waals surface area contributed by atoms with Gasteiger partial charge in [0, 0.05) is 20.0 Å². The van der Waals surface area contributed by atoms with Crippen molar-refractivity contribution in [3.63, 3.8) is 0 Å². The van der Waals surface area contributed by atoms with Gasteiger partial charge in [-0.15, -0.1) is 0 Å². The molecule has 150 valence electrons. The Morgan fingerprint density at radius 3 is 2.04 bits per heavy atom. The van der Waals surface area contributed by atoms with Crippen LogP contribution in [0.4, 0.5) is 0 Å². The second kappa shape index (κ2) is 10.1. The second-order valence-corrected chi connectivity index (χ2v) is 7.69. The van der Waals surface area contributed by atoms with Crippen molar-refractivity contribution >= 4 is 11.8 Å². The van der Waals surface area contributed by atoms with Crippen molar-refractivity contribution in [1.82, 2.24) is 10.2 Å². The largest absolute Gasteiger partial charge is 0.357 e. The molecular formula is C24H32N2O2. The lowest BCUT2D eigenvalue weighted by Gasteiger charge is -2.28. The molecule has 0 bridgehead atoms. The van der Waals surface area contributed by atoms with Crippen LogP contribution in [0.2, 0.25) is 0 Å². The number of amides is 2. The summed E-state index contributed by atoms with van der Waals surface area (Å²) in [6, 6.07) is 16.0. The van der Waals surface area contributed by atoms with E-state index < -0.39 is 6.04 Å². The number of carbonyl (C=O) groups excluding carboxylic acids is 2. The highest BCUT2D eigenvalue weighted by Crippen LogP contribution is 2.17. The zero-order chi connectivity index (χ0) is 20.7. The maximum atomic E-state index is 13.0. The smallest absolute Gasteiger partial charge is 0.242 e. The van der Waals surface area contributed by atoms with E-state index >= 15 is 0 Å². The molecule has 1 N–H and O–H groups in total. The van der Waals surface area contributed by atoms with Crippen LogP contribution in [0.25, 0.3) is 0 Å². The number of nitrogens with zero attached hydrogens (tertiary/aromatic N) is 1. The fraction of sp³-hybridized carbons (Fsp3) is 0.417. The van der Waals surface area contributed by atoms with Gasteiger partial charge in [-0.05, 0) is 42.9 Å². The van der Waals surface area contributed by atoms with Gasteiger partial charge in [0.1, 0.15) is 6.04 Å². The van der Waals surface area contributed by atoms with E-state index in [2.05, 4.69) is 43.4 Å². The van der Waals surface area contributed by atoms with E-state index in [0.29, 0.717) is 25.3 Å². The average Bonchev–Trinajstić information content (AvgIpc) is 2.70. The van der Waals surface area contributed by atoms with Gasteiger partial charge in [-0.3, -0.25) is 9.59 Å². The maximum Gasteiger partial charge on any atom is 0.242 e. The molecule has 1 atom stereocenters. The molecule has 0 saturated heterocycles. The molecular weight excluding hydrogens is 348 g/mol. The minimum atomic E-state index is -0.512. The van der Waals surface area contributed by atoms with E-state index in [0.717, 1.165) is 11.1 Å². The topological polar surface area (TPSA) is 49.4 Å². The Kier molecular flexibility index (Phi) is 7.80. The van der Waals surface area contributed by atoms with Crippen molar-refractivity contribution in [2.75, 3.05) is 7.05 Å². The summed E-state index contributed by atoms with van der Waals surface area (Å²) in [7, 11) is 1.60. The molecule has 0 radical (unpaired) electrons. The van der Waals surface area contributed by atoms with Crippen LogP contribution in [0.15, 0.2) is 48.5 Å². The van der Waals surface area contributed by atoms with Crippen LogP contribution in [0.5, 0.6) is 0 Å². The van der Waals surface area contributed by atoms with Crippen LogP contribution in [0.1, 0.15) is 55.4 Å². The Hall–Kier alpha value is -2.62. The Balaban J connectivity index is 2.09. The van der Waals surface area contributed by atoms with Gasteiger partial charge in [0.2, 0.25) is 11.8 Å². The predicted molar refractivity (Wildman–Crippen MR) is 114 cm³/mol. The summed E-state index contributed by atoms with van der Waals surface area (Å²) in [5, 5.41) is 2.65. The molecule has 0 aliphatic heterocycles. The fourth-order valence-corrected chi connectivity index (χ4v) is 3.15. The highest BCUT2D eigenvalue weighted by Gasteiger charge is 2.25. The summed E-state index contributed by atoms with van der Waals surface area (Å²) < 4.78 is 0. The molecule has 2 aromatic rings. The molecule has 0 aliphatic rings. The van der Waals surface area contributed by atoms with Gasteiger partial charge in [0.25, 0.3) is 0 Å². The predicted octanol–water partition coefficient (Wildman–Crippen LogP) is 4.21. The number of likely N-dealkylation sites (N-methyl/N-ethyl adjacent to an activating group) is 1. The number of hydrogen-bond donors (Lipinski definition) is 1. The van der Waals surface area contributed by atoms with Crippen LogP contribution >= 0.6 is 0 Å². The quantitative estimate of drug-likeness (QED) is 0.746. The lowest BCUT2D eigenvalue weighted by atomic mass is 10.00. The number of benzene rings is 2. The van der Waals surface area contributed by atoms with Gasteiger partial charge in [-0.25, -0.2) is 0 Å². The molecule has 0 saturated carbocycles. The summed E-state index contributed by atoms with van der Waals surface area (Å²) in [5.74, 6) is 0.334. The molecule has 4 heteroatoms. The molecule has 2 rings (SSSR count). The Bertz CT molecular complexity index is 779. The number of hydrogen-bond acceptors (Lipinski definition) is 2. The van der Waals surface area contributed by atoms with Gasteiger partial charge in [0.15, 0.2) is 0 Å². The van der Waals surface area contributed by atoms with E-state index in [4.69, 9.17) is 0 Å². The van der Waals surface area contributed by atoms with Crippen molar-refractivity contribution in [1.29, 1.82) is 0 Å². The molecule has 0 aliphatic carbocycles. The molecule has 0 aromatic heterocycles. The van der Waals surface area contributed by atoms with E-state index in [9.17, 15) is 9.59 Å². The molecule has 28 heavy (non-hydrogen) atoms. The highest BCUT2D eigenvalue weighted by atomic mass is 16.2. The number of nitrogens with one attached hydrogen (secondary N) is 1. The SMILES string of the molecule is CNC(=O)[C@@H](C)N(Cc1ccc(C)cc1)C(=O)CCc1ccc(C(C)C)cc1. The van der Waals surface area contributed by atoms with Crippen molar-refractivity contribution in [3.05, 3.63) is 70.8 Å². The standard InChI is InChI=1S/C24H32N2O2/c1-17(2)22-13-10-20(11-14-22)12-15-23(27)26(19(4)24(28)25-5)16-21-8-6-18(3)7-9-21/h6-11,13-14,17,19H,12,15-16H2,1-5H3,(H,25,28)/t19-/m1/s1. The summed E-state index contributed by atoms with van der Waals surface area (Å²) >= 11 is 0. The first-order valence-corrected chi connectivity index (χ1v) is 9.97. The first-order valence-electron chi connectivity index (χ1n) is 9.97. The molecule has 0 unspecified atom stereocenters. The van der Waals surface area contributed by atoms with E-state index in [-0.39, 0.29) is 11.8 Å². The molecule has 2 aromatic carbocycles. The summed E-state index contributed by atoms with van der Waals surface area (Å²) in [4.78, 5) is 26.8. The van der Waals surface area contributed by atoms with Crippen molar-refractivity contribution in [2.45, 2.75) is 59.0 Å². The third-order valence-corrected chi connectivity index (χ3v) is 5.16. The first-order chi connectivity index (χ1) is 13.3. The zero-order valence-corrected chi connectivity index (χ0v) is 17.7. The van der Waals surface area contributed by atoms with Crippen molar-refractivity contribution in [2.24, 2.45) is 0 Å². The fourth-order valence-electron chi connectivity index (χ4n) is 3.15. The van der Waals surface area contributed by atoms with Crippen LogP contribution in [0.3, 0.4) is 0 Å². The minimum absolute atomic E-state index is 0.00962. The van der Waals surface area contributed by atoms with Crippen LogP contribution in [0, 0.1) is 6.92 Å². The Labute approximate surface area is 169 Å². The van der Waals surface area contributed by atoms with Crippen molar-refractivity contribution in [3.8, 4) is 0 Å². The van der Waals surface area contributed by atoms with Crippen molar-refractivity contribution < 1.29 is 9.59 Å². The normalized spacial score (nSPS) is 11.9. The van der Waals surface area contributed by atoms with Gasteiger partial charge >= 0.3 is 0 Å². The maximum absolute atomic E-state index is 13.0. The minimum Gasteiger partial charge on any atom is -0.357 e. The van der Waals surface area contributed by atoms with Gasteiger partial charge in [0.05, 0.1) is 0 Å². The van der Waals surface area contributed by atoms with Gasteiger partial charge < -0.3 is 10.2 Å². The number of rotatable bonds is 8. The third-order valence-electron chi connectivity index (χ3n) is 5.16. The summed E-state index contributed by atoms with van der Waals surface area (Å²) in [6.45, 7) is 8.58. The molecule has 0 heterocycles. The van der Waals surface area contributed by atoms with Crippen LogP contribution < -0.4 is 5.32 Å². The third kappa shape index (κ3) is 5.95. The van der Waals surface area contributed by atoms with E-state index in [1.54, 1.807) is 18.9 Å². The number of carbonyl (C=O) groups is 2. The van der Waals surface area contributed by atoms with Gasteiger partial charge in [-0.2, -0.15) is 0 Å². The summed E-state index contributed by atoms with van der Waals surface area (Å²) in [6.07, 6.45) is 1.05. The first kappa shape index (κ1) is 21.7. The zero-order valence-electron chi connectivity index (χ0n) is 17.7. The van der Waals surface area contributed by atoms with Gasteiger partial charge in [-0.1, -0.05) is 67.9 Å². The molecule has 0 fully saturated rings. The highest BCUT2D eigenvalue weighted by molar-refractivity contribution is 5.87. The van der Waals surface area contributed by atoms with E-state index in [1.165, 1.54) is 11.1 Å². The summed E-state index contributed by atoms with van der Waals surface area (Å²) in [5.41, 5.74) is 4.63. The molecule has 2 amide bonds. The van der Waals surface area contributed by atoms with Crippen LogP contribution in [-0.4, -0.2) is 29.8 Å². The monoisotopic (exact) mass is 380 g/mol. The number of aryl methyl sites for hydroxylation is 2. The Morgan fingerprint density at radius 2 is 1.50 bits per heavy atom. The molecule has 4 nitrogen and oxygen atoms in total. The van der Waals surface area contributed by atoms with E-state index in [1.807, 2.05) is 31.2 Å². The van der Waals surface area contributed by atoms with Crippen LogP contribution in [-0.2, 0) is 22.6 Å². The average molecular weight is 381 g/mol. The second-order valence-electron chi connectivity index (χ2n) is 7.69. The molecule has 0 spiro atoms. The lowest BCUT2D eigenvalue weighted by Crippen LogP contribution is -2.46. The lowest BCUT2D eigenvalue weighted by molar-refractivity contribution is -0.140.